The lowest BCUT2D eigenvalue weighted by Crippen LogP contribution is -2.32. The molecule has 1 aromatic carbocycles. The van der Waals surface area contributed by atoms with Crippen LogP contribution < -0.4 is 0 Å². The van der Waals surface area contributed by atoms with Gasteiger partial charge in [0.05, 0.1) is 0 Å². The SMILES string of the molecule is OC[C@@H](Cc1ccccc1)[C@H](O)C(F)F. The Morgan fingerprint density at radius 1 is 1.13 bits per heavy atom. The molecule has 2 atom stereocenters. The standard InChI is InChI=1S/C11H14F2O2/c12-11(13)10(15)9(7-14)6-8-4-2-1-3-5-8/h1-5,9-11,14-15H,6-7H2/t9-,10+/m1/s1. The summed E-state index contributed by atoms with van der Waals surface area (Å²) in [6, 6.07) is 8.96. The monoisotopic (exact) mass is 216 g/mol. The number of halogens is 2. The third-order valence-corrected chi connectivity index (χ3v) is 2.32. The van der Waals surface area contributed by atoms with Gasteiger partial charge in [0.15, 0.2) is 0 Å². The highest BCUT2D eigenvalue weighted by Crippen LogP contribution is 2.17. The van der Waals surface area contributed by atoms with Crippen molar-refractivity contribution in [3.63, 3.8) is 0 Å². The maximum absolute atomic E-state index is 12.2. The van der Waals surface area contributed by atoms with Gasteiger partial charge in [0, 0.05) is 12.5 Å². The third kappa shape index (κ3) is 3.57. The predicted octanol–water partition coefficient (Wildman–Crippen LogP) is 1.46. The number of alkyl halides is 2. The molecule has 1 rings (SSSR count). The molecule has 0 heterocycles. The first-order valence-electron chi connectivity index (χ1n) is 4.76. The van der Waals surface area contributed by atoms with Crippen LogP contribution in [0.1, 0.15) is 5.56 Å². The van der Waals surface area contributed by atoms with Crippen molar-refractivity contribution in [3.8, 4) is 0 Å². The highest BCUT2D eigenvalue weighted by molar-refractivity contribution is 5.15. The van der Waals surface area contributed by atoms with Crippen LogP contribution >= 0.6 is 0 Å². The van der Waals surface area contributed by atoms with E-state index in [4.69, 9.17) is 10.2 Å². The molecule has 84 valence electrons. The molecule has 0 saturated carbocycles. The number of rotatable bonds is 5. The van der Waals surface area contributed by atoms with Crippen molar-refractivity contribution in [2.75, 3.05) is 6.61 Å². The van der Waals surface area contributed by atoms with Gasteiger partial charge < -0.3 is 10.2 Å². The molecule has 0 aromatic heterocycles. The first kappa shape index (κ1) is 12.1. The Bertz CT molecular complexity index is 277. The zero-order valence-corrected chi connectivity index (χ0v) is 8.18. The smallest absolute Gasteiger partial charge is 0.264 e. The van der Waals surface area contributed by atoms with E-state index in [0.29, 0.717) is 0 Å². The normalized spacial score (nSPS) is 15.3. The summed E-state index contributed by atoms with van der Waals surface area (Å²) in [5.74, 6) is -0.813. The number of aliphatic hydroxyl groups excluding tert-OH is 2. The summed E-state index contributed by atoms with van der Waals surface area (Å²) in [5, 5.41) is 18.1. The fourth-order valence-electron chi connectivity index (χ4n) is 1.42. The van der Waals surface area contributed by atoms with Crippen LogP contribution in [-0.4, -0.2) is 29.3 Å². The fraction of sp³-hybridized carbons (Fsp3) is 0.455. The van der Waals surface area contributed by atoms with E-state index in [9.17, 15) is 8.78 Å². The minimum Gasteiger partial charge on any atom is -0.396 e. The molecule has 0 amide bonds. The Balaban J connectivity index is 2.62. The molecule has 0 aliphatic heterocycles. The minimum absolute atomic E-state index is 0.253. The van der Waals surface area contributed by atoms with Crippen LogP contribution in [0.25, 0.3) is 0 Å². The summed E-state index contributed by atoms with van der Waals surface area (Å²) in [5.41, 5.74) is 0.830. The highest BCUT2D eigenvalue weighted by atomic mass is 19.3. The molecule has 0 unspecified atom stereocenters. The van der Waals surface area contributed by atoms with E-state index in [1.54, 1.807) is 24.3 Å². The van der Waals surface area contributed by atoms with E-state index in [1.807, 2.05) is 6.07 Å². The molecule has 1 aromatic rings. The molecular formula is C11H14F2O2. The molecule has 0 saturated heterocycles. The summed E-state index contributed by atoms with van der Waals surface area (Å²) in [6.07, 6.45) is -4.33. The van der Waals surface area contributed by atoms with Gasteiger partial charge in [-0.15, -0.1) is 0 Å². The van der Waals surface area contributed by atoms with Gasteiger partial charge in [-0.05, 0) is 12.0 Å². The summed E-state index contributed by atoms with van der Waals surface area (Å²) in [7, 11) is 0. The highest BCUT2D eigenvalue weighted by Gasteiger charge is 2.26. The van der Waals surface area contributed by atoms with Crippen LogP contribution in [0.3, 0.4) is 0 Å². The fourth-order valence-corrected chi connectivity index (χ4v) is 1.42. The number of hydrogen-bond donors (Lipinski definition) is 2. The quantitative estimate of drug-likeness (QED) is 0.782. The topological polar surface area (TPSA) is 40.5 Å². The van der Waals surface area contributed by atoms with Crippen LogP contribution in [0.15, 0.2) is 30.3 Å². The van der Waals surface area contributed by atoms with E-state index >= 15 is 0 Å². The zero-order chi connectivity index (χ0) is 11.3. The first-order chi connectivity index (χ1) is 7.15. The Morgan fingerprint density at radius 2 is 1.73 bits per heavy atom. The molecule has 2 N–H and O–H groups in total. The maximum atomic E-state index is 12.2. The van der Waals surface area contributed by atoms with Crippen molar-refractivity contribution >= 4 is 0 Å². The van der Waals surface area contributed by atoms with Crippen molar-refractivity contribution in [1.29, 1.82) is 0 Å². The van der Waals surface area contributed by atoms with Crippen LogP contribution in [0.2, 0.25) is 0 Å². The van der Waals surface area contributed by atoms with Gasteiger partial charge in [-0.2, -0.15) is 0 Å². The number of benzene rings is 1. The van der Waals surface area contributed by atoms with Crippen LogP contribution in [0, 0.1) is 5.92 Å². The Kier molecular flexibility index (Phi) is 4.65. The largest absolute Gasteiger partial charge is 0.396 e. The molecule has 0 radical (unpaired) electrons. The molecule has 0 fully saturated rings. The van der Waals surface area contributed by atoms with Crippen LogP contribution in [0.4, 0.5) is 8.78 Å². The summed E-state index contributed by atoms with van der Waals surface area (Å²) in [4.78, 5) is 0. The predicted molar refractivity (Wildman–Crippen MR) is 52.7 cm³/mol. The molecule has 4 heteroatoms. The second-order valence-corrected chi connectivity index (χ2v) is 3.46. The van der Waals surface area contributed by atoms with Gasteiger partial charge >= 0.3 is 0 Å². The Hall–Kier alpha value is -1.00. The van der Waals surface area contributed by atoms with Gasteiger partial charge in [-0.25, -0.2) is 8.78 Å². The average Bonchev–Trinajstić information content (AvgIpc) is 2.26. The van der Waals surface area contributed by atoms with Crippen molar-refractivity contribution in [2.24, 2.45) is 5.92 Å². The van der Waals surface area contributed by atoms with Gasteiger partial charge in [0.2, 0.25) is 0 Å². The Morgan fingerprint density at radius 3 is 2.20 bits per heavy atom. The van der Waals surface area contributed by atoms with E-state index in [0.717, 1.165) is 5.56 Å². The van der Waals surface area contributed by atoms with Crippen molar-refractivity contribution in [2.45, 2.75) is 19.0 Å². The molecule has 0 aliphatic carbocycles. The third-order valence-electron chi connectivity index (χ3n) is 2.32. The first-order valence-corrected chi connectivity index (χ1v) is 4.76. The van der Waals surface area contributed by atoms with Crippen molar-refractivity contribution in [1.82, 2.24) is 0 Å². The molecular weight excluding hydrogens is 202 g/mol. The van der Waals surface area contributed by atoms with E-state index < -0.39 is 25.1 Å². The minimum atomic E-state index is -2.81. The summed E-state index contributed by atoms with van der Waals surface area (Å²) < 4.78 is 24.4. The van der Waals surface area contributed by atoms with Gasteiger partial charge in [-0.1, -0.05) is 30.3 Å². The number of hydrogen-bond acceptors (Lipinski definition) is 2. The van der Waals surface area contributed by atoms with Gasteiger partial charge in [-0.3, -0.25) is 0 Å². The second-order valence-electron chi connectivity index (χ2n) is 3.46. The molecule has 15 heavy (non-hydrogen) atoms. The van der Waals surface area contributed by atoms with Gasteiger partial charge in [0.25, 0.3) is 6.43 Å². The molecule has 0 spiro atoms. The summed E-state index contributed by atoms with van der Waals surface area (Å²) in [6.45, 7) is -0.444. The van der Waals surface area contributed by atoms with Gasteiger partial charge in [0.1, 0.15) is 6.10 Å². The lowest BCUT2D eigenvalue weighted by Gasteiger charge is -2.20. The lowest BCUT2D eigenvalue weighted by molar-refractivity contribution is -0.0513. The zero-order valence-electron chi connectivity index (χ0n) is 8.18. The van der Waals surface area contributed by atoms with Crippen LogP contribution in [-0.2, 0) is 6.42 Å². The maximum Gasteiger partial charge on any atom is 0.264 e. The van der Waals surface area contributed by atoms with E-state index in [2.05, 4.69) is 0 Å². The van der Waals surface area contributed by atoms with E-state index in [-0.39, 0.29) is 6.42 Å². The molecule has 0 aliphatic rings. The van der Waals surface area contributed by atoms with Crippen molar-refractivity contribution < 1.29 is 19.0 Å². The van der Waals surface area contributed by atoms with E-state index in [1.165, 1.54) is 0 Å². The average molecular weight is 216 g/mol. The lowest BCUT2D eigenvalue weighted by atomic mass is 9.95. The summed E-state index contributed by atoms with van der Waals surface area (Å²) >= 11 is 0. The second kappa shape index (κ2) is 5.78. The molecule has 2 nitrogen and oxygen atoms in total. The Labute approximate surface area is 87.2 Å². The van der Waals surface area contributed by atoms with Crippen molar-refractivity contribution in [3.05, 3.63) is 35.9 Å². The number of aliphatic hydroxyl groups is 2. The molecule has 0 bridgehead atoms. The van der Waals surface area contributed by atoms with Crippen LogP contribution in [0.5, 0.6) is 0 Å².